The first kappa shape index (κ1) is 30.3. The molecule has 0 bridgehead atoms. The van der Waals surface area contributed by atoms with E-state index in [4.69, 9.17) is 0 Å². The number of ketones is 1. The van der Waals surface area contributed by atoms with Gasteiger partial charge < -0.3 is 21.3 Å². The predicted octanol–water partition coefficient (Wildman–Crippen LogP) is 1.83. The molecular weight excluding hydrogens is 420 g/mol. The highest BCUT2D eigenvalue weighted by Gasteiger charge is 2.27. The van der Waals surface area contributed by atoms with Gasteiger partial charge in [0.05, 0.1) is 13.1 Å². The van der Waals surface area contributed by atoms with E-state index in [1.54, 1.807) is 20.9 Å². The van der Waals surface area contributed by atoms with E-state index in [0.717, 1.165) is 5.56 Å². The second-order valence-electron chi connectivity index (χ2n) is 8.37. The zero-order valence-electron chi connectivity index (χ0n) is 21.2. The Labute approximate surface area is 198 Å². The SMILES string of the molecule is CC.CNCC(=O)NC(Cc1ccccc1)C(=O)NC(CC(C)C)C(=O)NCC(=O)C(C)C. The summed E-state index contributed by atoms with van der Waals surface area (Å²) in [6.07, 6.45) is 0.708. The molecule has 2 atom stereocenters. The molecule has 0 aromatic heterocycles. The molecule has 0 fully saturated rings. The van der Waals surface area contributed by atoms with Crippen molar-refractivity contribution in [1.29, 1.82) is 0 Å². The summed E-state index contributed by atoms with van der Waals surface area (Å²) in [7, 11) is 1.65. The summed E-state index contributed by atoms with van der Waals surface area (Å²) < 4.78 is 0. The second kappa shape index (κ2) is 16.8. The number of likely N-dealkylation sites (N-methyl/N-ethyl adjacent to an activating group) is 1. The van der Waals surface area contributed by atoms with Gasteiger partial charge in [-0.25, -0.2) is 0 Å². The standard InChI is InChI=1S/C23H36N4O4.C2H6/c1-15(2)11-18(22(30)25-13-20(28)16(3)4)27-23(31)19(26-21(29)14-24-5)12-17-9-7-6-8-10-17;1-2/h6-10,15-16,18-19,24H,11-14H2,1-5H3,(H,25,30)(H,26,29)(H,27,31);1-2H3. The first-order valence-electron chi connectivity index (χ1n) is 11.7. The average molecular weight is 463 g/mol. The van der Waals surface area contributed by atoms with Gasteiger partial charge >= 0.3 is 0 Å². The van der Waals surface area contributed by atoms with Crippen LogP contribution in [0.5, 0.6) is 0 Å². The van der Waals surface area contributed by atoms with E-state index in [0.29, 0.717) is 12.8 Å². The van der Waals surface area contributed by atoms with Crippen LogP contribution in [-0.4, -0.2) is 55.7 Å². The fraction of sp³-hybridized carbons (Fsp3) is 0.600. The number of carbonyl (C=O) groups excluding carboxylic acids is 4. The van der Waals surface area contributed by atoms with Gasteiger partial charge in [-0.3, -0.25) is 19.2 Å². The van der Waals surface area contributed by atoms with Crippen molar-refractivity contribution in [3.05, 3.63) is 35.9 Å². The number of nitrogens with one attached hydrogen (secondary N) is 4. The minimum absolute atomic E-state index is 0.0752. The van der Waals surface area contributed by atoms with Crippen molar-refractivity contribution < 1.29 is 19.2 Å². The van der Waals surface area contributed by atoms with E-state index in [-0.39, 0.29) is 36.6 Å². The minimum Gasteiger partial charge on any atom is -0.347 e. The molecule has 2 unspecified atom stereocenters. The second-order valence-corrected chi connectivity index (χ2v) is 8.37. The van der Waals surface area contributed by atoms with E-state index < -0.39 is 23.9 Å². The van der Waals surface area contributed by atoms with Crippen LogP contribution in [0, 0.1) is 11.8 Å². The van der Waals surface area contributed by atoms with Crippen LogP contribution in [0.15, 0.2) is 30.3 Å². The van der Waals surface area contributed by atoms with Gasteiger partial charge in [-0.2, -0.15) is 0 Å². The van der Waals surface area contributed by atoms with Gasteiger partial charge in [-0.15, -0.1) is 0 Å². The molecule has 0 saturated carbocycles. The lowest BCUT2D eigenvalue weighted by Crippen LogP contribution is -2.55. The summed E-state index contributed by atoms with van der Waals surface area (Å²) in [5.41, 5.74) is 0.889. The number of hydrogen-bond acceptors (Lipinski definition) is 5. The van der Waals surface area contributed by atoms with Gasteiger partial charge in [0.15, 0.2) is 5.78 Å². The molecule has 0 aliphatic heterocycles. The number of amides is 3. The lowest BCUT2D eigenvalue weighted by molar-refractivity contribution is -0.132. The van der Waals surface area contributed by atoms with Gasteiger partial charge in [0.2, 0.25) is 17.7 Å². The van der Waals surface area contributed by atoms with Crippen molar-refractivity contribution in [2.75, 3.05) is 20.1 Å². The van der Waals surface area contributed by atoms with Crippen LogP contribution >= 0.6 is 0 Å². The van der Waals surface area contributed by atoms with Gasteiger partial charge in [-0.1, -0.05) is 71.9 Å². The van der Waals surface area contributed by atoms with Crippen LogP contribution in [0.25, 0.3) is 0 Å². The number of rotatable bonds is 13. The van der Waals surface area contributed by atoms with E-state index in [1.807, 2.05) is 58.0 Å². The van der Waals surface area contributed by atoms with Gasteiger partial charge in [0.25, 0.3) is 0 Å². The van der Waals surface area contributed by atoms with Crippen molar-refractivity contribution in [3.63, 3.8) is 0 Å². The molecule has 0 radical (unpaired) electrons. The molecule has 0 spiro atoms. The van der Waals surface area contributed by atoms with Crippen molar-refractivity contribution in [3.8, 4) is 0 Å². The Morgan fingerprint density at radius 3 is 1.94 bits per heavy atom. The molecule has 8 nitrogen and oxygen atoms in total. The topological polar surface area (TPSA) is 116 Å². The quantitative estimate of drug-likeness (QED) is 0.357. The maximum atomic E-state index is 13.0. The van der Waals surface area contributed by atoms with Crippen LogP contribution in [0.1, 0.15) is 53.5 Å². The molecule has 1 aromatic rings. The summed E-state index contributed by atoms with van der Waals surface area (Å²) in [6, 6.07) is 7.72. The predicted molar refractivity (Wildman–Crippen MR) is 132 cm³/mol. The number of Topliss-reactive ketones (excluding diaryl/α,β-unsaturated/α-hetero) is 1. The summed E-state index contributed by atoms with van der Waals surface area (Å²) in [5, 5.41) is 10.9. The summed E-state index contributed by atoms with van der Waals surface area (Å²) >= 11 is 0. The lowest BCUT2D eigenvalue weighted by Gasteiger charge is -2.24. The third kappa shape index (κ3) is 12.8. The Hall–Kier alpha value is -2.74. The Bertz CT molecular complexity index is 735. The third-order valence-corrected chi connectivity index (χ3v) is 4.69. The molecule has 1 rings (SSSR count). The molecule has 33 heavy (non-hydrogen) atoms. The molecule has 0 heterocycles. The molecule has 0 aliphatic carbocycles. The van der Waals surface area contributed by atoms with Gasteiger partial charge in [0.1, 0.15) is 12.1 Å². The highest BCUT2D eigenvalue weighted by atomic mass is 16.2. The molecule has 8 heteroatoms. The fourth-order valence-corrected chi connectivity index (χ4v) is 2.94. The highest BCUT2D eigenvalue weighted by Crippen LogP contribution is 2.08. The van der Waals surface area contributed by atoms with E-state index >= 15 is 0 Å². The normalized spacial score (nSPS) is 12.3. The summed E-state index contributed by atoms with van der Waals surface area (Å²) in [6.45, 7) is 11.4. The molecule has 4 N–H and O–H groups in total. The van der Waals surface area contributed by atoms with Crippen molar-refractivity contribution in [2.45, 2.75) is 66.5 Å². The Kier molecular flexibility index (Phi) is 15.4. The van der Waals surface area contributed by atoms with Crippen molar-refractivity contribution in [2.24, 2.45) is 11.8 Å². The van der Waals surface area contributed by atoms with E-state index in [2.05, 4.69) is 21.3 Å². The maximum Gasteiger partial charge on any atom is 0.243 e. The lowest BCUT2D eigenvalue weighted by atomic mass is 10.0. The summed E-state index contributed by atoms with van der Waals surface area (Å²) in [5.74, 6) is -1.28. The Balaban J connectivity index is 0.00000497. The van der Waals surface area contributed by atoms with Crippen LogP contribution in [0.4, 0.5) is 0 Å². The Morgan fingerprint density at radius 1 is 0.818 bits per heavy atom. The number of carbonyl (C=O) groups is 4. The first-order chi connectivity index (χ1) is 15.6. The minimum atomic E-state index is -0.831. The monoisotopic (exact) mass is 462 g/mol. The van der Waals surface area contributed by atoms with Crippen molar-refractivity contribution in [1.82, 2.24) is 21.3 Å². The number of hydrogen-bond donors (Lipinski definition) is 4. The van der Waals surface area contributed by atoms with Crippen molar-refractivity contribution >= 4 is 23.5 Å². The highest BCUT2D eigenvalue weighted by molar-refractivity contribution is 5.94. The van der Waals surface area contributed by atoms with Gasteiger partial charge in [-0.05, 0) is 24.9 Å². The van der Waals surface area contributed by atoms with Crippen LogP contribution in [0.2, 0.25) is 0 Å². The molecular formula is C25H42N4O4. The third-order valence-electron chi connectivity index (χ3n) is 4.69. The van der Waals surface area contributed by atoms with E-state index in [9.17, 15) is 19.2 Å². The van der Waals surface area contributed by atoms with E-state index in [1.165, 1.54) is 0 Å². The van der Waals surface area contributed by atoms with Gasteiger partial charge in [0, 0.05) is 12.3 Å². The largest absolute Gasteiger partial charge is 0.347 e. The zero-order valence-corrected chi connectivity index (χ0v) is 21.2. The summed E-state index contributed by atoms with van der Waals surface area (Å²) in [4.78, 5) is 49.7. The Morgan fingerprint density at radius 2 is 1.42 bits per heavy atom. The zero-order chi connectivity index (χ0) is 25.4. The molecule has 3 amide bonds. The average Bonchev–Trinajstić information content (AvgIpc) is 2.78. The first-order valence-corrected chi connectivity index (χ1v) is 11.7. The van der Waals surface area contributed by atoms with Crippen LogP contribution < -0.4 is 21.3 Å². The van der Waals surface area contributed by atoms with Crippen LogP contribution in [0.3, 0.4) is 0 Å². The molecule has 0 aliphatic rings. The molecule has 186 valence electrons. The number of benzene rings is 1. The smallest absolute Gasteiger partial charge is 0.243 e. The molecule has 0 saturated heterocycles. The molecule has 1 aromatic carbocycles. The van der Waals surface area contributed by atoms with Crippen LogP contribution in [-0.2, 0) is 25.6 Å². The fourth-order valence-electron chi connectivity index (χ4n) is 2.94. The maximum absolute atomic E-state index is 13.0.